The van der Waals surface area contributed by atoms with Gasteiger partial charge in [0.25, 0.3) is 5.91 Å². The summed E-state index contributed by atoms with van der Waals surface area (Å²) in [6.45, 7) is 0.383. The largest absolute Gasteiger partial charge is 0.493 e. The van der Waals surface area contributed by atoms with Gasteiger partial charge in [0.05, 0.1) is 19.9 Å². The normalized spacial score (nSPS) is 10.4. The fourth-order valence-electron chi connectivity index (χ4n) is 2.61. The van der Waals surface area contributed by atoms with E-state index in [1.54, 1.807) is 38.5 Å². The van der Waals surface area contributed by atoms with Gasteiger partial charge < -0.3 is 14.8 Å². The first-order chi connectivity index (χ1) is 13.1. The number of ether oxygens (including phenoxy) is 2. The molecule has 3 rings (SSSR count). The van der Waals surface area contributed by atoms with Crippen LogP contribution in [-0.4, -0.2) is 41.4 Å². The van der Waals surface area contributed by atoms with Crippen molar-refractivity contribution >= 4 is 5.91 Å². The van der Waals surface area contributed by atoms with Crippen LogP contribution in [0.25, 0.3) is 5.69 Å². The average molecular weight is 368 g/mol. The van der Waals surface area contributed by atoms with Gasteiger partial charge >= 0.3 is 5.69 Å². The highest BCUT2D eigenvalue weighted by Gasteiger charge is 2.14. The molecule has 140 valence electrons. The van der Waals surface area contributed by atoms with Crippen molar-refractivity contribution < 1.29 is 14.3 Å². The van der Waals surface area contributed by atoms with Crippen molar-refractivity contribution in [1.82, 2.24) is 20.1 Å². The highest BCUT2D eigenvalue weighted by molar-refractivity contribution is 5.90. The van der Waals surface area contributed by atoms with E-state index in [1.807, 2.05) is 24.3 Å². The first kappa shape index (κ1) is 18.2. The fraction of sp³-hybridized carbons (Fsp3) is 0.211. The Kier molecular flexibility index (Phi) is 5.55. The first-order valence-electron chi connectivity index (χ1n) is 8.36. The zero-order valence-electron chi connectivity index (χ0n) is 15.1. The van der Waals surface area contributed by atoms with Crippen LogP contribution in [0.3, 0.4) is 0 Å². The molecular formula is C19H20N4O4. The van der Waals surface area contributed by atoms with Gasteiger partial charge in [0.15, 0.2) is 11.5 Å². The van der Waals surface area contributed by atoms with E-state index >= 15 is 0 Å². The van der Waals surface area contributed by atoms with Gasteiger partial charge in [0, 0.05) is 6.54 Å². The van der Waals surface area contributed by atoms with E-state index in [2.05, 4.69) is 15.4 Å². The van der Waals surface area contributed by atoms with E-state index < -0.39 is 11.6 Å². The minimum Gasteiger partial charge on any atom is -0.493 e. The lowest BCUT2D eigenvalue weighted by atomic mass is 10.1. The molecule has 0 fully saturated rings. The monoisotopic (exact) mass is 368 g/mol. The van der Waals surface area contributed by atoms with Gasteiger partial charge in [-0.1, -0.05) is 24.3 Å². The Bertz CT molecular complexity index is 979. The number of H-pyrrole nitrogens is 1. The second kappa shape index (κ2) is 8.22. The Morgan fingerprint density at radius 2 is 1.85 bits per heavy atom. The summed E-state index contributed by atoms with van der Waals surface area (Å²) in [5.41, 5.74) is 1.10. The van der Waals surface area contributed by atoms with Gasteiger partial charge in [-0.15, -0.1) is 5.10 Å². The van der Waals surface area contributed by atoms with Crippen LogP contribution in [0.2, 0.25) is 0 Å². The number of aromatic nitrogens is 3. The van der Waals surface area contributed by atoms with Crippen LogP contribution >= 0.6 is 0 Å². The highest BCUT2D eigenvalue weighted by Crippen LogP contribution is 2.27. The highest BCUT2D eigenvalue weighted by atomic mass is 16.5. The molecule has 1 amide bonds. The van der Waals surface area contributed by atoms with Crippen LogP contribution in [-0.2, 0) is 6.42 Å². The lowest BCUT2D eigenvalue weighted by molar-refractivity contribution is 0.0944. The van der Waals surface area contributed by atoms with Gasteiger partial charge in [0.1, 0.15) is 0 Å². The molecule has 0 aliphatic heterocycles. The number of para-hydroxylation sites is 1. The van der Waals surface area contributed by atoms with Gasteiger partial charge in [-0.2, -0.15) is 4.68 Å². The molecule has 8 nitrogen and oxygen atoms in total. The number of hydrogen-bond donors (Lipinski definition) is 2. The van der Waals surface area contributed by atoms with Crippen molar-refractivity contribution in [2.45, 2.75) is 6.42 Å². The summed E-state index contributed by atoms with van der Waals surface area (Å²) in [5.74, 6) is 0.806. The number of benzene rings is 2. The minimum absolute atomic E-state index is 0.0313. The minimum atomic E-state index is -0.466. The quantitative estimate of drug-likeness (QED) is 0.659. The van der Waals surface area contributed by atoms with E-state index in [0.717, 1.165) is 10.2 Å². The van der Waals surface area contributed by atoms with Crippen molar-refractivity contribution in [1.29, 1.82) is 0 Å². The topological polar surface area (TPSA) is 98.2 Å². The zero-order chi connectivity index (χ0) is 19.2. The molecule has 1 heterocycles. The molecular weight excluding hydrogens is 348 g/mol. The Morgan fingerprint density at radius 1 is 1.11 bits per heavy atom. The maximum Gasteiger partial charge on any atom is 0.348 e. The maximum absolute atomic E-state index is 12.3. The van der Waals surface area contributed by atoms with Crippen molar-refractivity contribution in [3.8, 4) is 17.2 Å². The summed E-state index contributed by atoms with van der Waals surface area (Å²) < 4.78 is 11.6. The van der Waals surface area contributed by atoms with Gasteiger partial charge in [-0.25, -0.2) is 4.79 Å². The van der Waals surface area contributed by atoms with Crippen molar-refractivity contribution in [3.05, 3.63) is 70.4 Å². The Balaban J connectivity index is 1.63. The van der Waals surface area contributed by atoms with Crippen molar-refractivity contribution in [2.75, 3.05) is 20.8 Å². The first-order valence-corrected chi connectivity index (χ1v) is 8.36. The third kappa shape index (κ3) is 4.17. The molecule has 0 unspecified atom stereocenters. The van der Waals surface area contributed by atoms with E-state index in [1.165, 1.54) is 0 Å². The molecule has 0 aliphatic rings. The lowest BCUT2D eigenvalue weighted by Crippen LogP contribution is -2.27. The number of aromatic amines is 1. The third-order valence-corrected chi connectivity index (χ3v) is 3.98. The van der Waals surface area contributed by atoms with E-state index in [4.69, 9.17) is 9.47 Å². The van der Waals surface area contributed by atoms with Crippen LogP contribution in [0, 0.1) is 0 Å². The summed E-state index contributed by atoms with van der Waals surface area (Å²) in [6.07, 6.45) is 0.593. The molecule has 0 saturated heterocycles. The van der Waals surface area contributed by atoms with Gasteiger partial charge in [0.2, 0.25) is 5.82 Å². The van der Waals surface area contributed by atoms with Crippen LogP contribution in [0.15, 0.2) is 53.3 Å². The molecule has 0 aliphatic carbocycles. The summed E-state index contributed by atoms with van der Waals surface area (Å²) in [5, 5.41) is 6.80. The molecule has 0 bridgehead atoms. The predicted octanol–water partition coefficient (Wildman–Crippen LogP) is 1.55. The van der Waals surface area contributed by atoms with Crippen molar-refractivity contribution in [3.63, 3.8) is 0 Å². The average Bonchev–Trinajstić information content (AvgIpc) is 3.10. The number of carbonyl (C=O) groups is 1. The molecule has 2 aromatic carbocycles. The maximum atomic E-state index is 12.3. The summed E-state index contributed by atoms with van der Waals surface area (Å²) >= 11 is 0. The number of nitrogens with one attached hydrogen (secondary N) is 2. The molecule has 2 N–H and O–H groups in total. The Hall–Kier alpha value is -3.55. The van der Waals surface area contributed by atoms with Crippen LogP contribution in [0.5, 0.6) is 11.5 Å². The van der Waals surface area contributed by atoms with E-state index in [9.17, 15) is 9.59 Å². The fourth-order valence-corrected chi connectivity index (χ4v) is 2.61. The summed E-state index contributed by atoms with van der Waals surface area (Å²) in [7, 11) is 3.15. The number of methoxy groups -OCH3 is 2. The van der Waals surface area contributed by atoms with Crippen molar-refractivity contribution in [2.24, 2.45) is 0 Å². The van der Waals surface area contributed by atoms with Gasteiger partial charge in [-0.3, -0.25) is 9.78 Å². The van der Waals surface area contributed by atoms with E-state index in [0.29, 0.717) is 30.2 Å². The predicted molar refractivity (Wildman–Crippen MR) is 99.8 cm³/mol. The number of rotatable bonds is 7. The van der Waals surface area contributed by atoms with E-state index in [-0.39, 0.29) is 5.82 Å². The number of amides is 1. The van der Waals surface area contributed by atoms with Crippen LogP contribution < -0.4 is 20.5 Å². The second-order valence-corrected chi connectivity index (χ2v) is 5.72. The third-order valence-electron chi connectivity index (χ3n) is 3.98. The molecule has 0 spiro atoms. The molecule has 27 heavy (non-hydrogen) atoms. The smallest absolute Gasteiger partial charge is 0.348 e. The number of nitrogens with zero attached hydrogens (tertiary/aromatic N) is 2. The molecule has 8 heteroatoms. The number of hydrogen-bond acceptors (Lipinski definition) is 5. The number of carbonyl (C=O) groups excluding carboxylic acids is 1. The molecule has 0 radical (unpaired) electrons. The SMILES string of the molecule is COc1ccc(CCNC(=O)c2nn(-c3ccccc3)c(=O)[nH]2)cc1OC. The zero-order valence-corrected chi connectivity index (χ0v) is 15.1. The standard InChI is InChI=1S/C19H20N4O4/c1-26-15-9-8-13(12-16(15)27-2)10-11-20-18(24)17-21-19(25)23(22-17)14-6-4-3-5-7-14/h3-9,12H,10-11H2,1-2H3,(H,20,24)(H,21,22,25). The summed E-state index contributed by atoms with van der Waals surface area (Å²) in [4.78, 5) is 26.7. The summed E-state index contributed by atoms with van der Waals surface area (Å²) in [6, 6.07) is 14.5. The van der Waals surface area contributed by atoms with Crippen LogP contribution in [0.1, 0.15) is 16.2 Å². The second-order valence-electron chi connectivity index (χ2n) is 5.72. The molecule has 1 aromatic heterocycles. The lowest BCUT2D eigenvalue weighted by Gasteiger charge is -2.09. The van der Waals surface area contributed by atoms with Crippen LogP contribution in [0.4, 0.5) is 0 Å². The Labute approximate surface area is 155 Å². The molecule has 0 atom stereocenters. The van der Waals surface area contributed by atoms with Gasteiger partial charge in [-0.05, 0) is 36.2 Å². The molecule has 0 saturated carbocycles. The molecule has 3 aromatic rings. The Morgan fingerprint density at radius 3 is 2.56 bits per heavy atom.